The van der Waals surface area contributed by atoms with Gasteiger partial charge in [-0.15, -0.1) is 0 Å². The van der Waals surface area contributed by atoms with Gasteiger partial charge in [-0.3, -0.25) is 0 Å². The summed E-state index contributed by atoms with van der Waals surface area (Å²) in [6.07, 6.45) is 9.76. The maximum atomic E-state index is 6.39. The maximum Gasteiger partial charge on any atom is 0.187 e. The third-order valence-corrected chi connectivity index (χ3v) is 5.12. The molecule has 0 saturated carbocycles. The third-order valence-electron chi connectivity index (χ3n) is 5.12. The highest BCUT2D eigenvalue weighted by Crippen LogP contribution is 2.32. The highest BCUT2D eigenvalue weighted by Gasteiger charge is 2.41. The van der Waals surface area contributed by atoms with E-state index < -0.39 is 5.79 Å². The van der Waals surface area contributed by atoms with Crippen molar-refractivity contribution in [3.63, 3.8) is 0 Å². The number of hydrogen-bond donors (Lipinski definition) is 0. The topological polar surface area (TPSA) is 36.3 Å². The Bertz CT molecular complexity index is 673. The number of hydrogen-bond acceptors (Lipinski definition) is 3. The first-order valence-corrected chi connectivity index (χ1v) is 9.77. The molecule has 1 saturated heterocycles. The van der Waals surface area contributed by atoms with Crippen LogP contribution >= 0.6 is 0 Å². The fourth-order valence-electron chi connectivity index (χ4n) is 3.54. The molecule has 2 unspecified atom stereocenters. The summed E-state index contributed by atoms with van der Waals surface area (Å²) in [5.41, 5.74) is 2.88. The third kappa shape index (κ3) is 4.74. The second-order valence-electron chi connectivity index (χ2n) is 8.43. The van der Waals surface area contributed by atoms with Crippen molar-refractivity contribution in [3.05, 3.63) is 54.1 Å². The second-order valence-corrected chi connectivity index (χ2v) is 8.43. The smallest absolute Gasteiger partial charge is 0.187 e. The standard InChI is InChI=1S/C22H32N2O2/c1-5-6-20-15-25-22(26-20,16-24-14-13-23-17-24)12-11-18-7-9-19(10-8-18)21(2,3)4/h7-10,13-14,17,20H,5-6,11-12,15-16H2,1-4H3. The zero-order valence-electron chi connectivity index (χ0n) is 16.6. The Labute approximate surface area is 157 Å². The van der Waals surface area contributed by atoms with Gasteiger partial charge in [-0.05, 0) is 29.4 Å². The minimum atomic E-state index is -0.552. The summed E-state index contributed by atoms with van der Waals surface area (Å²) in [7, 11) is 0. The average Bonchev–Trinajstić information content (AvgIpc) is 3.24. The minimum absolute atomic E-state index is 0.187. The number of nitrogens with zero attached hydrogens (tertiary/aromatic N) is 2. The Morgan fingerprint density at radius 3 is 2.62 bits per heavy atom. The number of ether oxygens (including phenoxy) is 2. The molecule has 4 nitrogen and oxygen atoms in total. The van der Waals surface area contributed by atoms with E-state index in [1.807, 2.05) is 12.5 Å². The average molecular weight is 357 g/mol. The fraction of sp³-hybridized carbons (Fsp3) is 0.591. The van der Waals surface area contributed by atoms with Crippen molar-refractivity contribution >= 4 is 0 Å². The molecule has 0 amide bonds. The van der Waals surface area contributed by atoms with Gasteiger partial charge in [-0.2, -0.15) is 0 Å². The lowest BCUT2D eigenvalue weighted by Crippen LogP contribution is -2.36. The summed E-state index contributed by atoms with van der Waals surface area (Å²) in [5.74, 6) is -0.552. The van der Waals surface area contributed by atoms with E-state index in [-0.39, 0.29) is 11.5 Å². The van der Waals surface area contributed by atoms with Gasteiger partial charge in [0.25, 0.3) is 0 Å². The number of imidazole rings is 1. The van der Waals surface area contributed by atoms with Crippen LogP contribution in [0.4, 0.5) is 0 Å². The number of benzene rings is 1. The Morgan fingerprint density at radius 2 is 2.00 bits per heavy atom. The van der Waals surface area contributed by atoms with Gasteiger partial charge >= 0.3 is 0 Å². The maximum absolute atomic E-state index is 6.39. The summed E-state index contributed by atoms with van der Waals surface area (Å²) < 4.78 is 14.7. The molecule has 0 spiro atoms. The highest BCUT2D eigenvalue weighted by atomic mass is 16.7. The van der Waals surface area contributed by atoms with Gasteiger partial charge in [0.2, 0.25) is 0 Å². The van der Waals surface area contributed by atoms with Crippen LogP contribution in [-0.4, -0.2) is 28.0 Å². The predicted octanol–water partition coefficient (Wildman–Crippen LogP) is 4.73. The van der Waals surface area contributed by atoms with Crippen LogP contribution in [0.15, 0.2) is 43.0 Å². The van der Waals surface area contributed by atoms with Crippen molar-refractivity contribution < 1.29 is 9.47 Å². The number of aromatic nitrogens is 2. The van der Waals surface area contributed by atoms with E-state index in [2.05, 4.69) is 61.5 Å². The Balaban J connectivity index is 1.68. The quantitative estimate of drug-likeness (QED) is 0.720. The van der Waals surface area contributed by atoms with Crippen molar-refractivity contribution in [1.82, 2.24) is 9.55 Å². The Kier molecular flexibility index (Phi) is 5.83. The van der Waals surface area contributed by atoms with Gasteiger partial charge in [-0.25, -0.2) is 4.98 Å². The van der Waals surface area contributed by atoms with Crippen LogP contribution in [0.1, 0.15) is 58.1 Å². The van der Waals surface area contributed by atoms with E-state index in [1.165, 1.54) is 11.1 Å². The molecular formula is C22H32N2O2. The van der Waals surface area contributed by atoms with Crippen molar-refractivity contribution in [3.8, 4) is 0 Å². The number of rotatable bonds is 7. The van der Waals surface area contributed by atoms with Gasteiger partial charge < -0.3 is 14.0 Å². The van der Waals surface area contributed by atoms with Crippen LogP contribution in [0, 0.1) is 0 Å². The molecular weight excluding hydrogens is 324 g/mol. The SMILES string of the molecule is CCCC1COC(CCc2ccc(C(C)(C)C)cc2)(Cn2ccnc2)O1. The van der Waals surface area contributed by atoms with Crippen molar-refractivity contribution in [2.24, 2.45) is 0 Å². The van der Waals surface area contributed by atoms with E-state index in [1.54, 1.807) is 6.20 Å². The van der Waals surface area contributed by atoms with Crippen LogP contribution in [0.25, 0.3) is 0 Å². The lowest BCUT2D eigenvalue weighted by atomic mass is 9.86. The Hall–Kier alpha value is -1.65. The molecule has 142 valence electrons. The summed E-state index contributed by atoms with van der Waals surface area (Å²) in [4.78, 5) is 4.15. The van der Waals surface area contributed by atoms with E-state index in [0.29, 0.717) is 13.2 Å². The molecule has 0 radical (unpaired) electrons. The van der Waals surface area contributed by atoms with E-state index >= 15 is 0 Å². The fourth-order valence-corrected chi connectivity index (χ4v) is 3.54. The largest absolute Gasteiger partial charge is 0.345 e. The normalized spacial score (nSPS) is 23.5. The predicted molar refractivity (Wildman–Crippen MR) is 104 cm³/mol. The van der Waals surface area contributed by atoms with E-state index in [0.717, 1.165) is 25.7 Å². The molecule has 2 heterocycles. The number of aryl methyl sites for hydroxylation is 1. The Morgan fingerprint density at radius 1 is 1.23 bits per heavy atom. The zero-order chi connectivity index (χ0) is 18.6. The van der Waals surface area contributed by atoms with Crippen LogP contribution < -0.4 is 0 Å². The molecule has 1 fully saturated rings. The molecule has 0 aliphatic carbocycles. The summed E-state index contributed by atoms with van der Waals surface area (Å²) >= 11 is 0. The monoisotopic (exact) mass is 356 g/mol. The molecule has 26 heavy (non-hydrogen) atoms. The highest BCUT2D eigenvalue weighted by molar-refractivity contribution is 5.27. The molecule has 4 heteroatoms. The first-order chi connectivity index (χ1) is 12.4. The molecule has 0 bridgehead atoms. The first kappa shape index (κ1) is 19.1. The van der Waals surface area contributed by atoms with Crippen molar-refractivity contribution in [1.29, 1.82) is 0 Å². The minimum Gasteiger partial charge on any atom is -0.345 e. The van der Waals surface area contributed by atoms with Gasteiger partial charge in [0.05, 0.1) is 25.6 Å². The lowest BCUT2D eigenvalue weighted by Gasteiger charge is -2.29. The molecule has 2 atom stereocenters. The van der Waals surface area contributed by atoms with Gasteiger partial charge in [0.1, 0.15) is 0 Å². The summed E-state index contributed by atoms with van der Waals surface area (Å²) in [6.45, 7) is 10.3. The lowest BCUT2D eigenvalue weighted by molar-refractivity contribution is -0.182. The first-order valence-electron chi connectivity index (χ1n) is 9.77. The van der Waals surface area contributed by atoms with Crippen LogP contribution in [-0.2, 0) is 27.9 Å². The van der Waals surface area contributed by atoms with Crippen LogP contribution in [0.5, 0.6) is 0 Å². The molecule has 1 aliphatic heterocycles. The molecule has 1 aromatic heterocycles. The van der Waals surface area contributed by atoms with Crippen molar-refractivity contribution in [2.75, 3.05) is 6.61 Å². The summed E-state index contributed by atoms with van der Waals surface area (Å²) in [5, 5.41) is 0. The molecule has 0 N–H and O–H groups in total. The summed E-state index contributed by atoms with van der Waals surface area (Å²) in [6, 6.07) is 8.97. The molecule has 1 aromatic carbocycles. The molecule has 2 aromatic rings. The van der Waals surface area contributed by atoms with Crippen molar-refractivity contribution in [2.45, 2.75) is 77.2 Å². The van der Waals surface area contributed by atoms with E-state index in [9.17, 15) is 0 Å². The molecule has 3 rings (SSSR count). The van der Waals surface area contributed by atoms with Gasteiger partial charge in [-0.1, -0.05) is 58.4 Å². The van der Waals surface area contributed by atoms with Gasteiger partial charge in [0.15, 0.2) is 5.79 Å². The van der Waals surface area contributed by atoms with E-state index in [4.69, 9.17) is 9.47 Å². The second kappa shape index (κ2) is 7.93. The molecule has 1 aliphatic rings. The van der Waals surface area contributed by atoms with Crippen LogP contribution in [0.2, 0.25) is 0 Å². The van der Waals surface area contributed by atoms with Gasteiger partial charge in [0, 0.05) is 18.8 Å². The zero-order valence-corrected chi connectivity index (χ0v) is 16.6. The van der Waals surface area contributed by atoms with Crippen LogP contribution in [0.3, 0.4) is 0 Å².